The average molecular weight is 474 g/mol. The summed E-state index contributed by atoms with van der Waals surface area (Å²) in [6.45, 7) is 2.52. The zero-order chi connectivity index (χ0) is 23.3. The molecule has 2 fully saturated rings. The van der Waals surface area contributed by atoms with E-state index in [1.54, 1.807) is 16.9 Å². The topological polar surface area (TPSA) is 87.5 Å². The van der Waals surface area contributed by atoms with Crippen LogP contribution in [0.4, 0.5) is 4.39 Å². The lowest BCUT2D eigenvalue weighted by molar-refractivity contribution is -0.136. The molecule has 1 N–H and O–H groups in total. The number of aromatic nitrogens is 2. The molecule has 8 nitrogen and oxygen atoms in total. The van der Waals surface area contributed by atoms with Crippen LogP contribution in [0, 0.1) is 5.82 Å². The number of hydrogen-bond acceptors (Lipinski definition) is 5. The summed E-state index contributed by atoms with van der Waals surface area (Å²) in [4.78, 5) is 40.3. The molecular weight excluding hydrogens is 449 g/mol. The van der Waals surface area contributed by atoms with Crippen molar-refractivity contribution in [2.75, 3.05) is 13.1 Å². The molecule has 33 heavy (non-hydrogen) atoms. The second kappa shape index (κ2) is 8.53. The van der Waals surface area contributed by atoms with Gasteiger partial charge >= 0.3 is 0 Å². The van der Waals surface area contributed by atoms with Gasteiger partial charge in [0.2, 0.25) is 11.8 Å². The van der Waals surface area contributed by atoms with Crippen molar-refractivity contribution in [2.45, 2.75) is 50.7 Å². The van der Waals surface area contributed by atoms with Crippen molar-refractivity contribution in [3.63, 3.8) is 0 Å². The number of carbonyl (C=O) groups is 3. The number of hydrogen-bond donors (Lipinski definition) is 1. The Balaban J connectivity index is 1.27. The van der Waals surface area contributed by atoms with Crippen molar-refractivity contribution in [3.8, 4) is 0 Å². The van der Waals surface area contributed by atoms with E-state index >= 15 is 4.39 Å². The van der Waals surface area contributed by atoms with Crippen LogP contribution in [0.3, 0.4) is 0 Å². The predicted octanol–water partition coefficient (Wildman–Crippen LogP) is 2.35. The summed E-state index contributed by atoms with van der Waals surface area (Å²) in [5, 5.41) is 7.33. The number of carbonyl (C=O) groups excluding carboxylic acids is 3. The van der Waals surface area contributed by atoms with E-state index in [0.29, 0.717) is 29.1 Å². The van der Waals surface area contributed by atoms with E-state index in [-0.39, 0.29) is 36.5 Å². The molecule has 1 aromatic heterocycles. The fourth-order valence-corrected chi connectivity index (χ4v) is 5.39. The third kappa shape index (κ3) is 4.15. The molecule has 1 aromatic carbocycles. The van der Waals surface area contributed by atoms with E-state index in [1.807, 2.05) is 7.05 Å². The number of benzene rings is 1. The zero-order valence-electron chi connectivity index (χ0n) is 18.3. The van der Waals surface area contributed by atoms with Gasteiger partial charge in [0.1, 0.15) is 11.9 Å². The largest absolute Gasteiger partial charge is 0.322 e. The van der Waals surface area contributed by atoms with Crippen LogP contribution < -0.4 is 5.32 Å². The summed E-state index contributed by atoms with van der Waals surface area (Å²) >= 11 is 6.23. The maximum Gasteiger partial charge on any atom is 0.255 e. The molecule has 2 saturated heterocycles. The summed E-state index contributed by atoms with van der Waals surface area (Å²) in [5.41, 5.74) is 2.52. The normalized spacial score (nSPS) is 22.1. The molecule has 5 rings (SSSR count). The van der Waals surface area contributed by atoms with Crippen LogP contribution in [0.1, 0.15) is 58.8 Å². The average Bonchev–Trinajstić information content (AvgIpc) is 3.26. The van der Waals surface area contributed by atoms with Gasteiger partial charge in [0.25, 0.3) is 5.91 Å². The van der Waals surface area contributed by atoms with Gasteiger partial charge in [-0.2, -0.15) is 5.10 Å². The molecule has 10 heteroatoms. The summed E-state index contributed by atoms with van der Waals surface area (Å²) in [5.74, 6) is -1.46. The van der Waals surface area contributed by atoms with Crippen LogP contribution in [-0.4, -0.2) is 56.4 Å². The molecule has 174 valence electrons. The highest BCUT2D eigenvalue weighted by Gasteiger charge is 2.40. The van der Waals surface area contributed by atoms with Crippen molar-refractivity contribution in [1.82, 2.24) is 24.9 Å². The number of rotatable bonds is 4. The molecule has 3 amide bonds. The quantitative estimate of drug-likeness (QED) is 0.689. The number of nitrogens with one attached hydrogen (secondary N) is 1. The van der Waals surface area contributed by atoms with Gasteiger partial charge in [-0.15, -0.1) is 0 Å². The maximum atomic E-state index is 15.1. The molecule has 0 spiro atoms. The lowest BCUT2D eigenvalue weighted by atomic mass is 9.87. The molecule has 0 bridgehead atoms. The Morgan fingerprint density at radius 3 is 2.61 bits per heavy atom. The van der Waals surface area contributed by atoms with Gasteiger partial charge in [-0.1, -0.05) is 17.7 Å². The van der Waals surface area contributed by atoms with Gasteiger partial charge in [0.05, 0.1) is 10.7 Å². The van der Waals surface area contributed by atoms with Crippen molar-refractivity contribution < 1.29 is 18.8 Å². The van der Waals surface area contributed by atoms with Gasteiger partial charge in [-0.3, -0.25) is 29.3 Å². The minimum atomic E-state index is -0.698. The Labute approximate surface area is 195 Å². The SMILES string of the molecule is Cn1cc(Cl)c(CN2CCC(c3cc4c(cc3F)C(=O)N(C3CCC(=O)NC3=O)C4)CC2)n1. The van der Waals surface area contributed by atoms with Crippen LogP contribution in [0.15, 0.2) is 18.3 Å². The monoisotopic (exact) mass is 473 g/mol. The number of likely N-dealkylation sites (tertiary alicyclic amines) is 1. The molecule has 1 atom stereocenters. The maximum absolute atomic E-state index is 15.1. The van der Waals surface area contributed by atoms with E-state index in [9.17, 15) is 14.4 Å². The first-order valence-electron chi connectivity index (χ1n) is 11.2. The van der Waals surface area contributed by atoms with Gasteiger partial charge in [0.15, 0.2) is 0 Å². The summed E-state index contributed by atoms with van der Waals surface area (Å²) in [7, 11) is 1.84. The number of imide groups is 1. The highest BCUT2D eigenvalue weighted by atomic mass is 35.5. The Hall–Kier alpha value is -2.78. The van der Waals surface area contributed by atoms with Crippen LogP contribution in [0.25, 0.3) is 0 Å². The van der Waals surface area contributed by atoms with Crippen molar-refractivity contribution >= 4 is 29.3 Å². The standard InChI is InChI=1S/C23H25ClFN5O3/c1-28-11-17(24)19(27-28)12-29-6-4-13(5-7-29)15-8-14-10-30(23(33)16(14)9-18(15)25)20-2-3-21(31)26-22(20)32/h8-9,11,13,20H,2-7,10,12H2,1H3,(H,26,31,32). The molecule has 2 aromatic rings. The lowest BCUT2D eigenvalue weighted by Crippen LogP contribution is -2.52. The Kier molecular flexibility index (Phi) is 5.70. The predicted molar refractivity (Wildman–Crippen MR) is 118 cm³/mol. The van der Waals surface area contributed by atoms with Crippen LogP contribution in [-0.2, 0) is 29.7 Å². The van der Waals surface area contributed by atoms with Gasteiger partial charge in [-0.05, 0) is 55.5 Å². The number of nitrogens with zero attached hydrogens (tertiary/aromatic N) is 4. The van der Waals surface area contributed by atoms with E-state index in [4.69, 9.17) is 11.6 Å². The van der Waals surface area contributed by atoms with Gasteiger partial charge in [-0.25, -0.2) is 4.39 Å². The number of halogens is 2. The summed E-state index contributed by atoms with van der Waals surface area (Å²) in [6, 6.07) is 2.42. The Morgan fingerprint density at radius 1 is 1.18 bits per heavy atom. The number of fused-ring (bicyclic) bond motifs is 1. The number of aryl methyl sites for hydroxylation is 1. The van der Waals surface area contributed by atoms with Crippen LogP contribution >= 0.6 is 11.6 Å². The molecule has 4 heterocycles. The number of amides is 3. The first kappa shape index (κ1) is 22.0. The first-order valence-corrected chi connectivity index (χ1v) is 11.6. The van der Waals surface area contributed by atoms with E-state index in [0.717, 1.165) is 37.2 Å². The minimum absolute atomic E-state index is 0.0607. The zero-order valence-corrected chi connectivity index (χ0v) is 19.1. The second-order valence-electron chi connectivity index (χ2n) is 9.08. The fourth-order valence-electron chi connectivity index (χ4n) is 5.15. The molecule has 1 unspecified atom stereocenters. The number of piperidine rings is 2. The van der Waals surface area contributed by atoms with Crippen molar-refractivity contribution in [1.29, 1.82) is 0 Å². The molecule has 0 radical (unpaired) electrons. The van der Waals surface area contributed by atoms with Gasteiger partial charge in [0, 0.05) is 38.3 Å². The Bertz CT molecular complexity index is 1140. The molecular formula is C23H25ClFN5O3. The van der Waals surface area contributed by atoms with Crippen LogP contribution in [0.5, 0.6) is 0 Å². The first-order chi connectivity index (χ1) is 15.8. The Morgan fingerprint density at radius 2 is 1.94 bits per heavy atom. The van der Waals surface area contributed by atoms with E-state index in [1.165, 1.54) is 11.0 Å². The smallest absolute Gasteiger partial charge is 0.255 e. The van der Waals surface area contributed by atoms with E-state index in [2.05, 4.69) is 15.3 Å². The third-order valence-corrected chi connectivity index (χ3v) is 7.21. The van der Waals surface area contributed by atoms with Crippen molar-refractivity contribution in [3.05, 3.63) is 51.6 Å². The molecule has 0 saturated carbocycles. The third-order valence-electron chi connectivity index (χ3n) is 6.90. The van der Waals surface area contributed by atoms with Crippen molar-refractivity contribution in [2.24, 2.45) is 7.05 Å². The molecule has 0 aliphatic carbocycles. The highest BCUT2D eigenvalue weighted by Crippen LogP contribution is 2.35. The lowest BCUT2D eigenvalue weighted by Gasteiger charge is -2.32. The molecule has 3 aliphatic rings. The van der Waals surface area contributed by atoms with Gasteiger partial charge < -0.3 is 4.90 Å². The second-order valence-corrected chi connectivity index (χ2v) is 9.49. The highest BCUT2D eigenvalue weighted by molar-refractivity contribution is 6.31. The van der Waals surface area contributed by atoms with Crippen LogP contribution in [0.2, 0.25) is 5.02 Å². The fraction of sp³-hybridized carbons (Fsp3) is 0.478. The minimum Gasteiger partial charge on any atom is -0.322 e. The summed E-state index contributed by atoms with van der Waals surface area (Å²) in [6.07, 6.45) is 3.86. The molecule has 3 aliphatic heterocycles. The summed E-state index contributed by atoms with van der Waals surface area (Å²) < 4.78 is 16.8. The van der Waals surface area contributed by atoms with E-state index < -0.39 is 11.9 Å².